The van der Waals surface area contributed by atoms with Crippen molar-refractivity contribution in [1.82, 2.24) is 5.32 Å². The van der Waals surface area contributed by atoms with Crippen molar-refractivity contribution in [2.24, 2.45) is 0 Å². The van der Waals surface area contributed by atoms with Crippen LogP contribution in [-0.4, -0.2) is 23.0 Å². The van der Waals surface area contributed by atoms with E-state index in [0.717, 1.165) is 6.92 Å². The Kier molecular flexibility index (Phi) is 4.68. The van der Waals surface area contributed by atoms with Crippen molar-refractivity contribution in [2.75, 3.05) is 0 Å². The maximum absolute atomic E-state index is 12.1. The molecular weight excluding hydrogens is 203 g/mol. The lowest BCUT2D eigenvalue weighted by Crippen LogP contribution is -2.38. The van der Waals surface area contributed by atoms with Crippen molar-refractivity contribution >= 4 is 11.9 Å². The Hall–Kier alpha value is -1.53. The van der Waals surface area contributed by atoms with Crippen LogP contribution in [0.2, 0.25) is 0 Å². The molecule has 0 bridgehead atoms. The minimum atomic E-state index is -2.58. The molecule has 0 aromatic carbocycles. The third-order valence-corrected chi connectivity index (χ3v) is 1.27. The van der Waals surface area contributed by atoms with Gasteiger partial charge in [0, 0.05) is 0 Å². The number of hydrogen-bond donors (Lipinski definition) is 2. The third kappa shape index (κ3) is 4.48. The average molecular weight is 211 g/mol. The molecule has 0 saturated carbocycles. The van der Waals surface area contributed by atoms with E-state index in [1.807, 2.05) is 5.32 Å². The summed E-state index contributed by atoms with van der Waals surface area (Å²) in [7, 11) is 0. The molecule has 0 fully saturated rings. The molecule has 7 heteroatoms. The number of carbonyl (C=O) groups is 2. The Labute approximate surface area is 77.4 Å². The molecule has 0 rings (SSSR count). The van der Waals surface area contributed by atoms with E-state index < -0.39 is 36.2 Å². The normalized spacial score (nSPS) is 11.7. The lowest BCUT2D eigenvalue weighted by atomic mass is 10.3. The summed E-state index contributed by atoms with van der Waals surface area (Å²) in [6.45, 7) is 1.13. The van der Waals surface area contributed by atoms with E-state index in [2.05, 4.69) is 0 Å². The largest absolute Gasteiger partial charge is 0.480 e. The number of hydrogen-bond acceptors (Lipinski definition) is 2. The van der Waals surface area contributed by atoms with Gasteiger partial charge in [-0.1, -0.05) is 0 Å². The van der Waals surface area contributed by atoms with Crippen LogP contribution in [0.3, 0.4) is 0 Å². The Morgan fingerprint density at radius 2 is 1.86 bits per heavy atom. The van der Waals surface area contributed by atoms with Gasteiger partial charge in [0.2, 0.25) is 5.91 Å². The fourth-order valence-electron chi connectivity index (χ4n) is 0.562. The zero-order valence-corrected chi connectivity index (χ0v) is 7.18. The van der Waals surface area contributed by atoms with Crippen LogP contribution in [0.25, 0.3) is 0 Å². The maximum Gasteiger partial charge on any atom is 0.325 e. The van der Waals surface area contributed by atoms with Gasteiger partial charge in [-0.15, -0.1) is 0 Å². The van der Waals surface area contributed by atoms with Gasteiger partial charge >= 0.3 is 12.0 Å². The predicted octanol–water partition coefficient (Wildman–Crippen LogP) is 1.04. The lowest BCUT2D eigenvalue weighted by Gasteiger charge is -2.07. The van der Waals surface area contributed by atoms with Crippen LogP contribution in [-0.2, 0) is 9.59 Å². The number of amides is 1. The molecular formula is C7H8F3NO3. The first-order valence-electron chi connectivity index (χ1n) is 3.56. The van der Waals surface area contributed by atoms with Gasteiger partial charge in [-0.25, -0.2) is 4.39 Å². The number of carbonyl (C=O) groups excluding carboxylic acids is 1. The SMILES string of the molecule is C[C@H](NC(=O)CC(F)=C(F)F)C(=O)O. The number of carboxylic acids is 1. The fraction of sp³-hybridized carbons (Fsp3) is 0.429. The van der Waals surface area contributed by atoms with Crippen LogP contribution in [0.1, 0.15) is 13.3 Å². The minimum Gasteiger partial charge on any atom is -0.480 e. The van der Waals surface area contributed by atoms with Gasteiger partial charge in [0.25, 0.3) is 0 Å². The summed E-state index contributed by atoms with van der Waals surface area (Å²) >= 11 is 0. The summed E-state index contributed by atoms with van der Waals surface area (Å²) in [6.07, 6.45) is -3.73. The quantitative estimate of drug-likeness (QED) is 0.730. The van der Waals surface area contributed by atoms with Crippen molar-refractivity contribution in [3.05, 3.63) is 11.9 Å². The molecule has 0 aliphatic carbocycles. The van der Waals surface area contributed by atoms with E-state index in [9.17, 15) is 22.8 Å². The van der Waals surface area contributed by atoms with Gasteiger partial charge in [-0.3, -0.25) is 9.59 Å². The zero-order valence-electron chi connectivity index (χ0n) is 7.18. The first-order valence-corrected chi connectivity index (χ1v) is 3.56. The zero-order chi connectivity index (χ0) is 11.3. The molecule has 0 radical (unpaired) electrons. The molecule has 1 atom stereocenters. The number of nitrogens with one attached hydrogen (secondary N) is 1. The second-order valence-corrected chi connectivity index (χ2v) is 2.47. The highest BCUT2D eigenvalue weighted by Crippen LogP contribution is 2.12. The molecule has 0 saturated heterocycles. The summed E-state index contributed by atoms with van der Waals surface area (Å²) in [5, 5.41) is 10.1. The van der Waals surface area contributed by atoms with E-state index >= 15 is 0 Å². The van der Waals surface area contributed by atoms with Crippen molar-refractivity contribution in [2.45, 2.75) is 19.4 Å². The van der Waals surface area contributed by atoms with Crippen LogP contribution in [0, 0.1) is 0 Å². The Morgan fingerprint density at radius 1 is 1.36 bits per heavy atom. The Morgan fingerprint density at radius 3 is 2.21 bits per heavy atom. The summed E-state index contributed by atoms with van der Waals surface area (Å²) in [4.78, 5) is 20.9. The van der Waals surface area contributed by atoms with Crippen molar-refractivity contribution in [1.29, 1.82) is 0 Å². The highest BCUT2D eigenvalue weighted by molar-refractivity contribution is 5.84. The molecule has 0 heterocycles. The predicted molar refractivity (Wildman–Crippen MR) is 40.2 cm³/mol. The molecule has 0 aromatic heterocycles. The van der Waals surface area contributed by atoms with Gasteiger partial charge in [-0.2, -0.15) is 8.78 Å². The molecule has 0 spiro atoms. The van der Waals surface area contributed by atoms with E-state index in [0.29, 0.717) is 0 Å². The molecule has 0 unspecified atom stereocenters. The lowest BCUT2D eigenvalue weighted by molar-refractivity contribution is -0.141. The summed E-state index contributed by atoms with van der Waals surface area (Å²) < 4.78 is 35.1. The van der Waals surface area contributed by atoms with Crippen LogP contribution in [0.15, 0.2) is 11.9 Å². The molecule has 2 N–H and O–H groups in total. The number of carboxylic acid groups (broad SMARTS) is 1. The highest BCUT2D eigenvalue weighted by atomic mass is 19.3. The number of aliphatic carboxylic acids is 1. The van der Waals surface area contributed by atoms with Gasteiger partial charge in [0.1, 0.15) is 6.04 Å². The summed E-state index contributed by atoms with van der Waals surface area (Å²) in [6, 6.07) is -1.24. The van der Waals surface area contributed by atoms with Crippen LogP contribution >= 0.6 is 0 Å². The van der Waals surface area contributed by atoms with Crippen LogP contribution in [0.4, 0.5) is 13.2 Å². The van der Waals surface area contributed by atoms with Crippen LogP contribution in [0.5, 0.6) is 0 Å². The summed E-state index contributed by atoms with van der Waals surface area (Å²) in [5.74, 6) is -4.30. The second kappa shape index (κ2) is 5.25. The fourth-order valence-corrected chi connectivity index (χ4v) is 0.562. The highest BCUT2D eigenvalue weighted by Gasteiger charge is 2.16. The monoisotopic (exact) mass is 211 g/mol. The first-order chi connectivity index (χ1) is 6.34. The van der Waals surface area contributed by atoms with Crippen LogP contribution < -0.4 is 5.32 Å². The number of halogens is 3. The molecule has 80 valence electrons. The van der Waals surface area contributed by atoms with Crippen molar-refractivity contribution in [3.63, 3.8) is 0 Å². The average Bonchev–Trinajstić information content (AvgIpc) is 2.03. The second-order valence-electron chi connectivity index (χ2n) is 2.47. The molecule has 0 aliphatic heterocycles. The topological polar surface area (TPSA) is 66.4 Å². The molecule has 1 amide bonds. The van der Waals surface area contributed by atoms with Gasteiger partial charge in [0.15, 0.2) is 5.83 Å². The maximum atomic E-state index is 12.1. The van der Waals surface area contributed by atoms with E-state index in [1.54, 1.807) is 0 Å². The first kappa shape index (κ1) is 12.5. The van der Waals surface area contributed by atoms with E-state index in [4.69, 9.17) is 5.11 Å². The summed E-state index contributed by atoms with van der Waals surface area (Å²) in [5.41, 5.74) is 0. The molecule has 0 aromatic rings. The van der Waals surface area contributed by atoms with Gasteiger partial charge in [-0.05, 0) is 6.92 Å². The Bertz CT molecular complexity index is 273. The minimum absolute atomic E-state index is 1.11. The van der Waals surface area contributed by atoms with Gasteiger partial charge in [0.05, 0.1) is 6.42 Å². The molecule has 0 aliphatic rings. The van der Waals surface area contributed by atoms with Gasteiger partial charge < -0.3 is 10.4 Å². The standard InChI is InChI=1S/C7H8F3NO3/c1-3(7(13)14)11-5(12)2-4(8)6(9)10/h3H,2H2,1H3,(H,11,12)(H,13,14)/t3-/m0/s1. The van der Waals surface area contributed by atoms with Crippen molar-refractivity contribution in [3.8, 4) is 0 Å². The van der Waals surface area contributed by atoms with Crippen molar-refractivity contribution < 1.29 is 27.9 Å². The number of rotatable bonds is 4. The molecule has 4 nitrogen and oxygen atoms in total. The van der Waals surface area contributed by atoms with E-state index in [1.165, 1.54) is 0 Å². The Balaban J connectivity index is 4.13. The third-order valence-electron chi connectivity index (χ3n) is 1.27. The van der Waals surface area contributed by atoms with E-state index in [-0.39, 0.29) is 0 Å². The molecule has 14 heavy (non-hydrogen) atoms. The smallest absolute Gasteiger partial charge is 0.325 e.